The van der Waals surface area contributed by atoms with Crippen LogP contribution >= 0.6 is 0 Å². The van der Waals surface area contributed by atoms with Crippen LogP contribution in [0.25, 0.3) is 0 Å². The standard InChI is InChI=1S/C6H7F3O4S/c7-6(8,9)14(10,11)13-5-2-1-3-12-4-5/h1,3,5H,2,4H2. The molecule has 0 radical (unpaired) electrons. The average Bonchev–Trinajstić information content (AvgIpc) is 2.03. The lowest BCUT2D eigenvalue weighted by atomic mass is 10.2. The van der Waals surface area contributed by atoms with Crippen molar-refractivity contribution in [1.29, 1.82) is 0 Å². The van der Waals surface area contributed by atoms with Crippen molar-refractivity contribution in [3.05, 3.63) is 12.3 Å². The summed E-state index contributed by atoms with van der Waals surface area (Å²) >= 11 is 0. The highest BCUT2D eigenvalue weighted by atomic mass is 32.2. The van der Waals surface area contributed by atoms with Crippen LogP contribution in [0.3, 0.4) is 0 Å². The molecule has 0 amide bonds. The Hall–Kier alpha value is -0.760. The van der Waals surface area contributed by atoms with Gasteiger partial charge in [0.25, 0.3) is 0 Å². The van der Waals surface area contributed by atoms with Crippen molar-refractivity contribution in [1.82, 2.24) is 0 Å². The Morgan fingerprint density at radius 3 is 2.50 bits per heavy atom. The van der Waals surface area contributed by atoms with Crippen molar-refractivity contribution in [2.45, 2.75) is 18.0 Å². The molecular formula is C6H7F3O4S. The first-order valence-electron chi connectivity index (χ1n) is 3.59. The Labute approximate surface area is 78.4 Å². The summed E-state index contributed by atoms with van der Waals surface area (Å²) < 4.78 is 65.0. The molecule has 0 saturated carbocycles. The van der Waals surface area contributed by atoms with E-state index in [1.54, 1.807) is 0 Å². The van der Waals surface area contributed by atoms with Gasteiger partial charge in [0.15, 0.2) is 0 Å². The van der Waals surface area contributed by atoms with Crippen LogP contribution in [0.5, 0.6) is 0 Å². The Morgan fingerprint density at radius 2 is 2.07 bits per heavy atom. The van der Waals surface area contributed by atoms with Gasteiger partial charge < -0.3 is 4.74 Å². The summed E-state index contributed by atoms with van der Waals surface area (Å²) in [4.78, 5) is 0. The molecule has 0 fully saturated rings. The number of halogens is 3. The van der Waals surface area contributed by atoms with Crippen molar-refractivity contribution in [2.24, 2.45) is 0 Å². The summed E-state index contributed by atoms with van der Waals surface area (Å²) in [6.45, 7) is -0.203. The van der Waals surface area contributed by atoms with Gasteiger partial charge in [0, 0.05) is 0 Å². The fraction of sp³-hybridized carbons (Fsp3) is 0.667. The van der Waals surface area contributed by atoms with Crippen LogP contribution in [0.15, 0.2) is 12.3 Å². The first-order valence-corrected chi connectivity index (χ1v) is 5.00. The molecule has 4 nitrogen and oxygen atoms in total. The molecule has 1 atom stereocenters. The van der Waals surface area contributed by atoms with Gasteiger partial charge in [0.1, 0.15) is 12.7 Å². The Bertz CT molecular complexity index is 318. The fourth-order valence-corrected chi connectivity index (χ4v) is 1.41. The van der Waals surface area contributed by atoms with Gasteiger partial charge in [0.2, 0.25) is 0 Å². The molecule has 0 saturated heterocycles. The van der Waals surface area contributed by atoms with E-state index in [-0.39, 0.29) is 13.0 Å². The van der Waals surface area contributed by atoms with E-state index >= 15 is 0 Å². The lowest BCUT2D eigenvalue weighted by Gasteiger charge is -2.19. The predicted molar refractivity (Wildman–Crippen MR) is 39.6 cm³/mol. The van der Waals surface area contributed by atoms with Crippen molar-refractivity contribution < 1.29 is 30.5 Å². The molecule has 0 aromatic carbocycles. The summed E-state index contributed by atoms with van der Waals surface area (Å²) in [5, 5.41) is 0. The van der Waals surface area contributed by atoms with Gasteiger partial charge in [-0.05, 0) is 12.5 Å². The topological polar surface area (TPSA) is 52.6 Å². The van der Waals surface area contributed by atoms with E-state index in [0.717, 1.165) is 0 Å². The van der Waals surface area contributed by atoms with Gasteiger partial charge in [-0.3, -0.25) is 4.18 Å². The van der Waals surface area contributed by atoms with Crippen molar-refractivity contribution >= 4 is 10.1 Å². The largest absolute Gasteiger partial charge is 0.523 e. The molecule has 0 aromatic heterocycles. The maximum absolute atomic E-state index is 11.8. The minimum Gasteiger partial charge on any atom is -0.499 e. The molecule has 0 N–H and O–H groups in total. The number of hydrogen-bond acceptors (Lipinski definition) is 4. The number of alkyl halides is 3. The molecule has 1 aliphatic rings. The molecule has 1 aliphatic heterocycles. The number of rotatable bonds is 2. The van der Waals surface area contributed by atoms with Crippen LogP contribution in [-0.4, -0.2) is 26.6 Å². The van der Waals surface area contributed by atoms with E-state index in [1.807, 2.05) is 0 Å². The molecule has 0 bridgehead atoms. The highest BCUT2D eigenvalue weighted by molar-refractivity contribution is 7.87. The van der Waals surface area contributed by atoms with Gasteiger partial charge in [-0.2, -0.15) is 21.6 Å². The molecule has 1 rings (SSSR count). The smallest absolute Gasteiger partial charge is 0.499 e. The van der Waals surface area contributed by atoms with E-state index in [4.69, 9.17) is 0 Å². The van der Waals surface area contributed by atoms with Crippen LogP contribution < -0.4 is 0 Å². The highest BCUT2D eigenvalue weighted by Gasteiger charge is 2.48. The van der Waals surface area contributed by atoms with E-state index in [9.17, 15) is 21.6 Å². The van der Waals surface area contributed by atoms with Crippen molar-refractivity contribution in [3.8, 4) is 0 Å². The monoisotopic (exact) mass is 232 g/mol. The Morgan fingerprint density at radius 1 is 1.43 bits per heavy atom. The molecular weight excluding hydrogens is 225 g/mol. The Balaban J connectivity index is 2.64. The average molecular weight is 232 g/mol. The second-order valence-electron chi connectivity index (χ2n) is 2.56. The SMILES string of the molecule is O=S(=O)(OC1CC=COC1)C(F)(F)F. The first-order chi connectivity index (χ1) is 6.33. The lowest BCUT2D eigenvalue weighted by Crippen LogP contribution is -2.32. The molecule has 82 valence electrons. The summed E-state index contributed by atoms with van der Waals surface area (Å²) in [7, 11) is -5.51. The second-order valence-corrected chi connectivity index (χ2v) is 4.12. The molecule has 0 aliphatic carbocycles. The summed E-state index contributed by atoms with van der Waals surface area (Å²) in [6.07, 6.45) is 1.64. The zero-order valence-electron chi connectivity index (χ0n) is 6.82. The van der Waals surface area contributed by atoms with E-state index in [0.29, 0.717) is 0 Å². The molecule has 1 heterocycles. The second kappa shape index (κ2) is 3.77. The van der Waals surface area contributed by atoms with E-state index < -0.39 is 21.7 Å². The van der Waals surface area contributed by atoms with Gasteiger partial charge in [-0.25, -0.2) is 0 Å². The highest BCUT2D eigenvalue weighted by Crippen LogP contribution is 2.26. The van der Waals surface area contributed by atoms with E-state index in [1.165, 1.54) is 12.3 Å². The molecule has 0 aromatic rings. The zero-order chi connectivity index (χ0) is 10.8. The van der Waals surface area contributed by atoms with Crippen LogP contribution in [0.2, 0.25) is 0 Å². The Kier molecular flexibility index (Phi) is 3.05. The number of ether oxygens (including phenoxy) is 1. The van der Waals surface area contributed by atoms with Crippen LogP contribution in [0, 0.1) is 0 Å². The van der Waals surface area contributed by atoms with Gasteiger partial charge in [0.05, 0.1) is 6.26 Å². The lowest BCUT2D eigenvalue weighted by molar-refractivity contribution is -0.0597. The first kappa shape index (κ1) is 11.3. The van der Waals surface area contributed by atoms with Crippen LogP contribution in [0.1, 0.15) is 6.42 Å². The fourth-order valence-electron chi connectivity index (χ4n) is 0.807. The minimum absolute atomic E-state index is 0.0787. The van der Waals surface area contributed by atoms with Crippen LogP contribution in [-0.2, 0) is 19.0 Å². The predicted octanol–water partition coefficient (Wildman–Crippen LogP) is 1.16. The van der Waals surface area contributed by atoms with Gasteiger partial charge in [-0.1, -0.05) is 0 Å². The van der Waals surface area contributed by atoms with Crippen molar-refractivity contribution in [3.63, 3.8) is 0 Å². The maximum Gasteiger partial charge on any atom is 0.523 e. The summed E-state index contributed by atoms with van der Waals surface area (Å²) in [5.74, 6) is 0. The number of hydrogen-bond donors (Lipinski definition) is 0. The molecule has 1 unspecified atom stereocenters. The molecule has 14 heavy (non-hydrogen) atoms. The minimum atomic E-state index is -5.51. The van der Waals surface area contributed by atoms with E-state index in [2.05, 4.69) is 8.92 Å². The maximum atomic E-state index is 11.8. The molecule has 0 spiro atoms. The third-order valence-corrected chi connectivity index (χ3v) is 2.51. The van der Waals surface area contributed by atoms with Gasteiger partial charge >= 0.3 is 15.6 Å². The molecule has 8 heteroatoms. The van der Waals surface area contributed by atoms with Crippen molar-refractivity contribution in [2.75, 3.05) is 6.61 Å². The van der Waals surface area contributed by atoms with Crippen LogP contribution in [0.4, 0.5) is 13.2 Å². The quantitative estimate of drug-likeness (QED) is 0.529. The third-order valence-electron chi connectivity index (χ3n) is 1.42. The zero-order valence-corrected chi connectivity index (χ0v) is 7.64. The summed E-state index contributed by atoms with van der Waals surface area (Å²) in [5.41, 5.74) is -5.38. The van der Waals surface area contributed by atoms with Gasteiger partial charge in [-0.15, -0.1) is 0 Å². The summed E-state index contributed by atoms with van der Waals surface area (Å²) in [6, 6.07) is 0. The normalized spacial score (nSPS) is 23.2. The third kappa shape index (κ3) is 2.61.